The topological polar surface area (TPSA) is 119 Å². The van der Waals surface area contributed by atoms with Gasteiger partial charge in [0.25, 0.3) is 0 Å². The fourth-order valence-corrected chi connectivity index (χ4v) is 17.4. The Bertz CT molecular complexity index is 6890. The van der Waals surface area contributed by atoms with Crippen LogP contribution in [0.25, 0.3) is 164 Å². The van der Waals surface area contributed by atoms with E-state index in [1.807, 2.05) is 48.5 Å². The molecule has 0 unspecified atom stereocenters. The number of anilines is 6. The average Bonchev–Trinajstić information content (AvgIpc) is 1.57. The lowest BCUT2D eigenvalue weighted by Gasteiger charge is -2.26. The third-order valence-corrected chi connectivity index (χ3v) is 22.3. The van der Waals surface area contributed by atoms with E-state index in [9.17, 15) is 0 Å². The lowest BCUT2D eigenvalue weighted by molar-refractivity contribution is 1.04. The molecule has 0 radical (unpaired) electrons. The van der Waals surface area contributed by atoms with Crippen molar-refractivity contribution < 1.29 is 0 Å². The van der Waals surface area contributed by atoms with Crippen LogP contribution in [0.1, 0.15) is 0 Å². The molecule has 0 amide bonds. The van der Waals surface area contributed by atoms with Gasteiger partial charge in [-0.25, -0.2) is 39.9 Å². The standard InChI is InChI=1S/2C46H28N6S/c1-2-14-29(15-3-1)43-48-44(30-26-27-34-33-18-7-13-25-41(33)53-42(34)28-30)50-45(49-43)35-19-6-11-23-39(35)51-37-21-9-4-16-31(37)32-17-5-10-22-38(32)52-40-24-12-8-20-36(40)47-46(51)52;1-2-14-29(15-3-1)43-48-44(30-26-27-42-35(28-30)33-18-7-13-25-41(33)53-42)50-45(49-43)34-19-6-11-23-39(34)51-37-21-9-4-16-31(37)32-17-5-10-22-38(32)52-40-24-12-8-20-36(40)47-46(51)52/h2*1-28H. The number of thiophene rings is 2. The molecule has 20 aromatic rings. The Hall–Kier alpha value is -13.9. The number of hydrogen-bond acceptors (Lipinski definition) is 12. The van der Waals surface area contributed by atoms with Crippen LogP contribution in [-0.4, -0.2) is 49.0 Å². The largest absolute Gasteiger partial charge is 0.279 e. The summed E-state index contributed by atoms with van der Waals surface area (Å²) in [6.45, 7) is 0. The van der Waals surface area contributed by atoms with Crippen molar-refractivity contribution in [3.05, 3.63) is 340 Å². The highest BCUT2D eigenvalue weighted by Crippen LogP contribution is 2.52. The molecule has 0 saturated carbocycles. The number of aromatic nitrogens is 10. The molecule has 6 aromatic heterocycles. The summed E-state index contributed by atoms with van der Waals surface area (Å²) in [5.74, 6) is 5.24. The Morgan fingerprint density at radius 2 is 0.519 bits per heavy atom. The molecular weight excluding hydrogens is 1340 g/mol. The first kappa shape index (κ1) is 60.8. The van der Waals surface area contributed by atoms with Crippen molar-refractivity contribution in [1.82, 2.24) is 49.0 Å². The summed E-state index contributed by atoms with van der Waals surface area (Å²) in [5.41, 5.74) is 19.9. The highest BCUT2D eigenvalue weighted by Gasteiger charge is 2.34. The summed E-state index contributed by atoms with van der Waals surface area (Å²) < 4.78 is 9.52. The number of fused-ring (bicyclic) bond motifs is 20. The molecule has 496 valence electrons. The van der Waals surface area contributed by atoms with E-state index in [1.165, 1.54) is 40.3 Å². The molecule has 0 fully saturated rings. The Balaban J connectivity index is 0.000000136. The zero-order valence-electron chi connectivity index (χ0n) is 56.5. The molecule has 8 heterocycles. The van der Waals surface area contributed by atoms with Crippen molar-refractivity contribution in [1.29, 1.82) is 0 Å². The average molecular weight is 1390 g/mol. The smallest absolute Gasteiger partial charge is 0.220 e. The number of benzene rings is 14. The molecule has 12 nitrogen and oxygen atoms in total. The normalized spacial score (nSPS) is 12.1. The van der Waals surface area contributed by atoms with Gasteiger partial charge in [-0.3, -0.25) is 18.9 Å². The second kappa shape index (κ2) is 25.0. The van der Waals surface area contributed by atoms with Gasteiger partial charge < -0.3 is 0 Å². The molecule has 14 heteroatoms. The van der Waals surface area contributed by atoms with Gasteiger partial charge in [0.2, 0.25) is 11.9 Å². The van der Waals surface area contributed by atoms with Crippen LogP contribution in [0.3, 0.4) is 0 Å². The lowest BCUT2D eigenvalue weighted by Crippen LogP contribution is -2.15. The molecule has 22 rings (SSSR count). The second-order valence-corrected chi connectivity index (χ2v) is 28.4. The van der Waals surface area contributed by atoms with Crippen LogP contribution >= 0.6 is 22.7 Å². The Morgan fingerprint density at radius 3 is 1.01 bits per heavy atom. The van der Waals surface area contributed by atoms with Crippen LogP contribution in [-0.2, 0) is 0 Å². The molecule has 2 aliphatic rings. The van der Waals surface area contributed by atoms with Crippen molar-refractivity contribution in [3.63, 3.8) is 0 Å². The summed E-state index contributed by atoms with van der Waals surface area (Å²) in [6, 6.07) is 118. The van der Waals surface area contributed by atoms with E-state index in [1.54, 1.807) is 22.7 Å². The van der Waals surface area contributed by atoms with Crippen LogP contribution in [0.15, 0.2) is 340 Å². The Kier molecular flexibility index (Phi) is 14.3. The maximum absolute atomic E-state index is 5.32. The van der Waals surface area contributed by atoms with E-state index in [0.29, 0.717) is 34.9 Å². The highest BCUT2D eigenvalue weighted by molar-refractivity contribution is 7.26. The van der Waals surface area contributed by atoms with Gasteiger partial charge in [0, 0.05) is 96.0 Å². The van der Waals surface area contributed by atoms with E-state index >= 15 is 0 Å². The maximum Gasteiger partial charge on any atom is 0.220 e. The van der Waals surface area contributed by atoms with E-state index < -0.39 is 0 Å². The molecule has 0 atom stereocenters. The minimum absolute atomic E-state index is 0.585. The maximum atomic E-state index is 5.32. The zero-order chi connectivity index (χ0) is 69.8. The summed E-state index contributed by atoms with van der Waals surface area (Å²) in [6.07, 6.45) is 0. The highest BCUT2D eigenvalue weighted by atomic mass is 32.1. The number of hydrogen-bond donors (Lipinski definition) is 0. The van der Waals surface area contributed by atoms with Gasteiger partial charge in [-0.05, 0) is 109 Å². The third-order valence-electron chi connectivity index (χ3n) is 20.0. The molecule has 0 spiro atoms. The van der Waals surface area contributed by atoms with Crippen LogP contribution in [0, 0.1) is 0 Å². The Morgan fingerprint density at radius 1 is 0.198 bits per heavy atom. The van der Waals surface area contributed by atoms with Gasteiger partial charge in [-0.1, -0.05) is 231 Å². The van der Waals surface area contributed by atoms with Gasteiger partial charge >= 0.3 is 0 Å². The van der Waals surface area contributed by atoms with Crippen molar-refractivity contribution in [3.8, 4) is 102 Å². The van der Waals surface area contributed by atoms with Gasteiger partial charge in [0.15, 0.2) is 34.9 Å². The molecule has 0 aliphatic carbocycles. The lowest BCUT2D eigenvalue weighted by atomic mass is 10.0. The predicted octanol–water partition coefficient (Wildman–Crippen LogP) is 24.1. The first-order valence-corrected chi connectivity index (χ1v) is 36.8. The summed E-state index contributed by atoms with van der Waals surface area (Å²) in [5, 5.41) is 4.94. The minimum atomic E-state index is 0.585. The zero-order valence-corrected chi connectivity index (χ0v) is 58.1. The van der Waals surface area contributed by atoms with Crippen LogP contribution in [0.2, 0.25) is 0 Å². The molecule has 0 saturated heterocycles. The molecule has 0 N–H and O–H groups in total. The monoisotopic (exact) mass is 1390 g/mol. The molecule has 106 heavy (non-hydrogen) atoms. The minimum Gasteiger partial charge on any atom is -0.279 e. The van der Waals surface area contributed by atoms with Gasteiger partial charge in [-0.15, -0.1) is 22.7 Å². The quantitative estimate of drug-likeness (QED) is 0.145. The number of imidazole rings is 2. The first-order chi connectivity index (χ1) is 52.6. The number of rotatable bonds is 8. The fraction of sp³-hybridized carbons (Fsp3) is 0. The fourth-order valence-electron chi connectivity index (χ4n) is 15.2. The van der Waals surface area contributed by atoms with Gasteiger partial charge in [0.1, 0.15) is 0 Å². The summed E-state index contributed by atoms with van der Waals surface area (Å²) >= 11 is 3.60. The van der Waals surface area contributed by atoms with E-state index in [2.05, 4.69) is 310 Å². The van der Waals surface area contributed by atoms with Gasteiger partial charge in [-0.2, -0.15) is 0 Å². The van der Waals surface area contributed by atoms with Crippen LogP contribution in [0.4, 0.5) is 34.6 Å². The molecule has 14 aromatic carbocycles. The predicted molar refractivity (Wildman–Crippen MR) is 435 cm³/mol. The van der Waals surface area contributed by atoms with Crippen LogP contribution in [0.5, 0.6) is 0 Å². The summed E-state index contributed by atoms with van der Waals surface area (Å²) in [7, 11) is 0. The van der Waals surface area contributed by atoms with Gasteiger partial charge in [0.05, 0.1) is 56.2 Å². The molecule has 0 bridgehead atoms. The first-order valence-electron chi connectivity index (χ1n) is 35.1. The van der Waals surface area contributed by atoms with Crippen molar-refractivity contribution in [2.45, 2.75) is 0 Å². The SMILES string of the molecule is c1ccc(-c2nc(-c3ccc4c(c3)sc3ccccc34)nc(-c3ccccc3N3c4ccccc4-c4ccccc4-n4c3nc3ccccc34)n2)cc1.c1ccc(-c2nc(-c3ccc4sc5ccccc5c4c3)nc(-c3ccccc3N3c4ccccc4-c4ccccc4-n4c3nc3ccccc34)n2)cc1. The van der Waals surface area contributed by atoms with E-state index in [4.69, 9.17) is 39.9 Å². The molecular formula is C92H56N12S2. The Labute approximate surface area is 616 Å². The third kappa shape index (κ3) is 10.1. The number of nitrogens with zero attached hydrogens (tertiary/aromatic N) is 12. The van der Waals surface area contributed by atoms with Crippen LogP contribution < -0.4 is 9.80 Å². The number of para-hydroxylation sites is 10. The molecule has 2 aliphatic heterocycles. The summed E-state index contributed by atoms with van der Waals surface area (Å²) in [4.78, 5) is 46.3. The van der Waals surface area contributed by atoms with Crippen molar-refractivity contribution in [2.75, 3.05) is 9.80 Å². The van der Waals surface area contributed by atoms with E-state index in [-0.39, 0.29) is 0 Å². The van der Waals surface area contributed by atoms with E-state index in [0.717, 1.165) is 124 Å². The van der Waals surface area contributed by atoms with Crippen molar-refractivity contribution in [2.24, 2.45) is 0 Å². The second-order valence-electron chi connectivity index (χ2n) is 26.2. The van der Waals surface area contributed by atoms with Crippen molar-refractivity contribution >= 4 is 120 Å².